The number of hydrogen-bond donors (Lipinski definition) is 1. The Bertz CT molecular complexity index is 482. The van der Waals surface area contributed by atoms with Crippen molar-refractivity contribution in [2.75, 3.05) is 38.2 Å². The summed E-state index contributed by atoms with van der Waals surface area (Å²) in [5.74, 6) is 0.830. The van der Waals surface area contributed by atoms with Crippen LogP contribution in [0.5, 0.6) is 5.75 Å². The molecular formula is C14H18ClF3N2O. The molecule has 1 aliphatic rings. The lowest BCUT2D eigenvalue weighted by Crippen LogP contribution is -2.33. The fourth-order valence-electron chi connectivity index (χ4n) is 2.50. The summed E-state index contributed by atoms with van der Waals surface area (Å²) < 4.78 is 41.4. The van der Waals surface area contributed by atoms with Crippen LogP contribution in [-0.4, -0.2) is 39.5 Å². The van der Waals surface area contributed by atoms with Gasteiger partial charge in [0.2, 0.25) is 0 Å². The summed E-state index contributed by atoms with van der Waals surface area (Å²) in [6.45, 7) is 0.992. The van der Waals surface area contributed by atoms with Gasteiger partial charge in [0, 0.05) is 25.3 Å². The lowest BCUT2D eigenvalue weighted by Gasteiger charge is -2.20. The number of rotatable bonds is 5. The minimum Gasteiger partial charge on any atom is -0.495 e. The molecule has 1 N–H and O–H groups in total. The maximum absolute atomic E-state index is 12.1. The first-order valence-electron chi connectivity index (χ1n) is 6.75. The molecule has 2 rings (SSSR count). The second kappa shape index (κ2) is 6.75. The highest BCUT2D eigenvalue weighted by atomic mass is 35.5. The van der Waals surface area contributed by atoms with Crippen molar-refractivity contribution in [3.05, 3.63) is 23.2 Å². The molecule has 0 aliphatic carbocycles. The van der Waals surface area contributed by atoms with Crippen LogP contribution < -0.4 is 15.0 Å². The van der Waals surface area contributed by atoms with Gasteiger partial charge in [-0.05, 0) is 30.5 Å². The lowest BCUT2D eigenvalue weighted by atomic mass is 10.1. The Labute approximate surface area is 127 Å². The number of methoxy groups -OCH3 is 1. The highest BCUT2D eigenvalue weighted by molar-refractivity contribution is 6.32. The van der Waals surface area contributed by atoms with Crippen molar-refractivity contribution in [1.29, 1.82) is 0 Å². The fourth-order valence-corrected chi connectivity index (χ4v) is 2.76. The van der Waals surface area contributed by atoms with Gasteiger partial charge in [-0.3, -0.25) is 0 Å². The highest BCUT2D eigenvalue weighted by Crippen LogP contribution is 2.31. The number of anilines is 1. The Morgan fingerprint density at radius 3 is 2.81 bits per heavy atom. The summed E-state index contributed by atoms with van der Waals surface area (Å²) in [5, 5.41) is 3.01. The number of ether oxygens (including phenoxy) is 1. The van der Waals surface area contributed by atoms with E-state index in [4.69, 9.17) is 16.3 Å². The van der Waals surface area contributed by atoms with E-state index in [1.54, 1.807) is 13.2 Å². The number of benzene rings is 1. The summed E-state index contributed by atoms with van der Waals surface area (Å²) >= 11 is 6.09. The molecule has 1 aromatic carbocycles. The van der Waals surface area contributed by atoms with Crippen molar-refractivity contribution in [3.63, 3.8) is 0 Å². The van der Waals surface area contributed by atoms with E-state index >= 15 is 0 Å². The maximum atomic E-state index is 12.1. The van der Waals surface area contributed by atoms with Gasteiger partial charge in [0.1, 0.15) is 5.75 Å². The van der Waals surface area contributed by atoms with E-state index < -0.39 is 12.7 Å². The first kappa shape index (κ1) is 16.2. The molecule has 0 bridgehead atoms. The minimum absolute atomic E-state index is 0.216. The molecule has 1 saturated heterocycles. The number of hydrogen-bond acceptors (Lipinski definition) is 3. The van der Waals surface area contributed by atoms with Gasteiger partial charge in [0.25, 0.3) is 0 Å². The van der Waals surface area contributed by atoms with E-state index in [1.165, 1.54) is 0 Å². The van der Waals surface area contributed by atoms with E-state index in [0.29, 0.717) is 17.3 Å². The molecule has 0 radical (unpaired) electrons. The first-order valence-corrected chi connectivity index (χ1v) is 7.13. The van der Waals surface area contributed by atoms with E-state index in [2.05, 4.69) is 10.2 Å². The molecule has 0 spiro atoms. The van der Waals surface area contributed by atoms with Crippen LogP contribution in [0.2, 0.25) is 5.02 Å². The molecule has 1 atom stereocenters. The number of nitrogens with zero attached hydrogens (tertiary/aromatic N) is 1. The SMILES string of the molecule is COc1ccc(N2CCC(CNCC(F)(F)F)C2)cc1Cl. The van der Waals surface area contributed by atoms with E-state index in [1.807, 2.05) is 12.1 Å². The first-order chi connectivity index (χ1) is 9.89. The van der Waals surface area contributed by atoms with Gasteiger partial charge < -0.3 is 15.0 Å². The minimum atomic E-state index is -4.15. The van der Waals surface area contributed by atoms with Crippen molar-refractivity contribution >= 4 is 17.3 Å². The topological polar surface area (TPSA) is 24.5 Å². The van der Waals surface area contributed by atoms with Gasteiger partial charge in [0.15, 0.2) is 0 Å². The second-order valence-corrected chi connectivity index (χ2v) is 5.57. The van der Waals surface area contributed by atoms with Gasteiger partial charge in [-0.2, -0.15) is 13.2 Å². The van der Waals surface area contributed by atoms with E-state index in [0.717, 1.165) is 25.2 Å². The smallest absolute Gasteiger partial charge is 0.401 e. The van der Waals surface area contributed by atoms with Crippen LogP contribution >= 0.6 is 11.6 Å². The number of nitrogens with one attached hydrogen (secondary N) is 1. The molecule has 0 saturated carbocycles. The molecule has 1 aliphatic heterocycles. The predicted molar refractivity (Wildman–Crippen MR) is 77.2 cm³/mol. The summed E-state index contributed by atoms with van der Waals surface area (Å²) in [6.07, 6.45) is -3.28. The average Bonchev–Trinajstić information content (AvgIpc) is 2.86. The van der Waals surface area contributed by atoms with Crippen molar-refractivity contribution in [1.82, 2.24) is 5.32 Å². The zero-order valence-electron chi connectivity index (χ0n) is 11.7. The van der Waals surface area contributed by atoms with Gasteiger partial charge in [-0.25, -0.2) is 0 Å². The van der Waals surface area contributed by atoms with Crippen LogP contribution in [0.4, 0.5) is 18.9 Å². The Morgan fingerprint density at radius 2 is 2.19 bits per heavy atom. The van der Waals surface area contributed by atoms with Gasteiger partial charge in [-0.1, -0.05) is 11.6 Å². The molecule has 1 aromatic rings. The molecule has 3 nitrogen and oxygen atoms in total. The predicted octanol–water partition coefficient (Wildman–Crippen LogP) is 3.33. The third-order valence-corrected chi connectivity index (χ3v) is 3.84. The van der Waals surface area contributed by atoms with Crippen LogP contribution in [-0.2, 0) is 0 Å². The monoisotopic (exact) mass is 322 g/mol. The standard InChI is InChI=1S/C14H18ClF3N2O/c1-21-13-3-2-11(6-12(13)15)20-5-4-10(8-20)7-19-9-14(16,17)18/h2-3,6,10,19H,4-5,7-9H2,1H3. The molecule has 1 fully saturated rings. The number of alkyl halides is 3. The van der Waals surface area contributed by atoms with Crippen LogP contribution in [0, 0.1) is 5.92 Å². The van der Waals surface area contributed by atoms with E-state index in [-0.39, 0.29) is 5.92 Å². The zero-order valence-corrected chi connectivity index (χ0v) is 12.5. The molecule has 118 valence electrons. The number of halogens is 4. The molecular weight excluding hydrogens is 305 g/mol. The van der Waals surface area contributed by atoms with E-state index in [9.17, 15) is 13.2 Å². The second-order valence-electron chi connectivity index (χ2n) is 5.17. The molecule has 7 heteroatoms. The Kier molecular flexibility index (Phi) is 5.22. The lowest BCUT2D eigenvalue weighted by molar-refractivity contribution is -0.125. The molecule has 1 heterocycles. The largest absolute Gasteiger partial charge is 0.495 e. The summed E-state index contributed by atoms with van der Waals surface area (Å²) in [5.41, 5.74) is 0.971. The zero-order chi connectivity index (χ0) is 15.5. The Balaban J connectivity index is 1.86. The Hall–Kier alpha value is -1.14. The van der Waals surface area contributed by atoms with Gasteiger partial charge >= 0.3 is 6.18 Å². The van der Waals surface area contributed by atoms with Crippen molar-refractivity contribution in [3.8, 4) is 5.75 Å². The Morgan fingerprint density at radius 1 is 1.43 bits per heavy atom. The summed E-state index contributed by atoms with van der Waals surface area (Å²) in [7, 11) is 1.55. The fraction of sp³-hybridized carbons (Fsp3) is 0.571. The van der Waals surface area contributed by atoms with Crippen molar-refractivity contribution in [2.24, 2.45) is 5.92 Å². The van der Waals surface area contributed by atoms with Crippen molar-refractivity contribution in [2.45, 2.75) is 12.6 Å². The summed E-state index contributed by atoms with van der Waals surface area (Å²) in [4.78, 5) is 2.13. The molecule has 0 amide bonds. The normalized spacial score (nSPS) is 19.1. The van der Waals surface area contributed by atoms with Crippen LogP contribution in [0.3, 0.4) is 0 Å². The van der Waals surface area contributed by atoms with Crippen molar-refractivity contribution < 1.29 is 17.9 Å². The quantitative estimate of drug-likeness (QED) is 0.900. The third-order valence-electron chi connectivity index (χ3n) is 3.54. The van der Waals surface area contributed by atoms with Gasteiger partial charge in [0.05, 0.1) is 18.7 Å². The maximum Gasteiger partial charge on any atom is 0.401 e. The average molecular weight is 323 g/mol. The highest BCUT2D eigenvalue weighted by Gasteiger charge is 2.28. The third kappa shape index (κ3) is 4.68. The molecule has 0 aromatic heterocycles. The van der Waals surface area contributed by atoms with Gasteiger partial charge in [-0.15, -0.1) is 0 Å². The molecule has 1 unspecified atom stereocenters. The molecule has 21 heavy (non-hydrogen) atoms. The van der Waals surface area contributed by atoms with Crippen LogP contribution in [0.25, 0.3) is 0 Å². The van der Waals surface area contributed by atoms with Crippen LogP contribution in [0.1, 0.15) is 6.42 Å². The van der Waals surface area contributed by atoms with Crippen LogP contribution in [0.15, 0.2) is 18.2 Å². The summed E-state index contributed by atoms with van der Waals surface area (Å²) in [6, 6.07) is 5.54.